The summed E-state index contributed by atoms with van der Waals surface area (Å²) in [7, 11) is 0. The van der Waals surface area contributed by atoms with Crippen molar-refractivity contribution >= 4 is 34.3 Å². The molecule has 1 aromatic heterocycles. The number of carboxylic acids is 1. The van der Waals surface area contributed by atoms with E-state index in [1.165, 1.54) is 17.4 Å². The van der Waals surface area contributed by atoms with Crippen LogP contribution in [-0.4, -0.2) is 17.0 Å². The van der Waals surface area contributed by atoms with Crippen LogP contribution < -0.4 is 5.32 Å². The smallest absolute Gasteiger partial charge is 0.339 e. The Bertz CT molecular complexity index is 957. The quantitative estimate of drug-likeness (QED) is 0.622. The number of amides is 1. The van der Waals surface area contributed by atoms with Crippen molar-refractivity contribution in [3.05, 3.63) is 82.7 Å². The van der Waals surface area contributed by atoms with Crippen LogP contribution in [0.3, 0.4) is 0 Å². The first-order valence-electron chi connectivity index (χ1n) is 8.00. The number of hydrogen-bond donors (Lipinski definition) is 2. The Hall–Kier alpha value is -3.18. The van der Waals surface area contributed by atoms with Crippen LogP contribution in [0.1, 0.15) is 21.5 Å². The molecule has 0 unspecified atom stereocenters. The first-order chi connectivity index (χ1) is 12.5. The standard InChI is InChI=1S/C21H17NO3S/c1-14-7-9-15(10-8-14)11-12-18(23)22-20-19(21(24)25)17(13-26-20)16-5-3-2-4-6-16/h2-13H,1H3,(H,22,23)(H,24,25)/b12-11+. The van der Waals surface area contributed by atoms with Gasteiger partial charge in [-0.15, -0.1) is 11.3 Å². The molecule has 0 spiro atoms. The number of nitrogens with one attached hydrogen (secondary N) is 1. The predicted molar refractivity (Wildman–Crippen MR) is 106 cm³/mol. The minimum absolute atomic E-state index is 0.110. The SMILES string of the molecule is Cc1ccc(/C=C/C(=O)Nc2scc(-c3ccccc3)c2C(=O)O)cc1. The summed E-state index contributed by atoms with van der Waals surface area (Å²) in [4.78, 5) is 23.9. The van der Waals surface area contributed by atoms with Crippen LogP contribution in [0.5, 0.6) is 0 Å². The predicted octanol–water partition coefficient (Wildman–Crippen LogP) is 5.07. The zero-order chi connectivity index (χ0) is 18.5. The number of aryl methyl sites for hydroxylation is 1. The lowest BCUT2D eigenvalue weighted by Crippen LogP contribution is -2.10. The molecule has 3 rings (SSSR count). The van der Waals surface area contributed by atoms with E-state index in [9.17, 15) is 14.7 Å². The van der Waals surface area contributed by atoms with Gasteiger partial charge in [0.05, 0.1) is 0 Å². The van der Waals surface area contributed by atoms with Crippen molar-refractivity contribution in [2.24, 2.45) is 0 Å². The van der Waals surface area contributed by atoms with Gasteiger partial charge in [0.1, 0.15) is 10.6 Å². The highest BCUT2D eigenvalue weighted by atomic mass is 32.1. The Morgan fingerprint density at radius 2 is 1.73 bits per heavy atom. The number of thiophene rings is 1. The molecule has 0 radical (unpaired) electrons. The van der Waals surface area contributed by atoms with Gasteiger partial charge in [0.25, 0.3) is 0 Å². The van der Waals surface area contributed by atoms with Crippen molar-refractivity contribution in [3.63, 3.8) is 0 Å². The molecular formula is C21H17NO3S. The van der Waals surface area contributed by atoms with Gasteiger partial charge in [0, 0.05) is 17.0 Å². The van der Waals surface area contributed by atoms with Gasteiger partial charge >= 0.3 is 5.97 Å². The Morgan fingerprint density at radius 3 is 2.38 bits per heavy atom. The molecule has 1 amide bonds. The van der Waals surface area contributed by atoms with Crippen LogP contribution in [-0.2, 0) is 4.79 Å². The van der Waals surface area contributed by atoms with Crippen molar-refractivity contribution in [1.82, 2.24) is 0 Å². The number of hydrogen-bond acceptors (Lipinski definition) is 3. The van der Waals surface area contributed by atoms with Crippen molar-refractivity contribution < 1.29 is 14.7 Å². The highest BCUT2D eigenvalue weighted by Crippen LogP contribution is 2.35. The second kappa shape index (κ2) is 7.80. The second-order valence-electron chi connectivity index (χ2n) is 5.76. The van der Waals surface area contributed by atoms with Gasteiger partial charge in [-0.1, -0.05) is 60.2 Å². The number of carboxylic acid groups (broad SMARTS) is 1. The van der Waals surface area contributed by atoms with Gasteiger partial charge in [-0.05, 0) is 24.1 Å². The van der Waals surface area contributed by atoms with Crippen molar-refractivity contribution in [2.45, 2.75) is 6.92 Å². The molecule has 2 aromatic carbocycles. The van der Waals surface area contributed by atoms with Crippen LogP contribution in [0.25, 0.3) is 17.2 Å². The van der Waals surface area contributed by atoms with E-state index in [4.69, 9.17) is 0 Å². The van der Waals surface area contributed by atoms with E-state index in [1.807, 2.05) is 61.5 Å². The minimum Gasteiger partial charge on any atom is -0.478 e. The van der Waals surface area contributed by atoms with Gasteiger partial charge in [0.2, 0.25) is 5.91 Å². The molecule has 4 nitrogen and oxygen atoms in total. The molecule has 130 valence electrons. The number of aromatic carboxylic acids is 1. The summed E-state index contributed by atoms with van der Waals surface area (Å²) >= 11 is 1.20. The van der Waals surface area contributed by atoms with E-state index in [2.05, 4.69) is 5.32 Å². The third kappa shape index (κ3) is 4.07. The van der Waals surface area contributed by atoms with Gasteiger partial charge < -0.3 is 10.4 Å². The third-order valence-corrected chi connectivity index (χ3v) is 4.73. The van der Waals surface area contributed by atoms with Crippen molar-refractivity contribution in [3.8, 4) is 11.1 Å². The van der Waals surface area contributed by atoms with E-state index in [-0.39, 0.29) is 11.5 Å². The second-order valence-corrected chi connectivity index (χ2v) is 6.64. The summed E-state index contributed by atoms with van der Waals surface area (Å²) in [5.41, 5.74) is 3.56. The van der Waals surface area contributed by atoms with E-state index >= 15 is 0 Å². The summed E-state index contributed by atoms with van der Waals surface area (Å²) in [6.07, 6.45) is 3.10. The lowest BCUT2D eigenvalue weighted by atomic mass is 10.0. The van der Waals surface area contributed by atoms with E-state index < -0.39 is 5.97 Å². The summed E-state index contributed by atoms with van der Waals surface area (Å²) < 4.78 is 0. The highest BCUT2D eigenvalue weighted by molar-refractivity contribution is 7.15. The molecule has 1 heterocycles. The molecule has 0 saturated carbocycles. The maximum absolute atomic E-state index is 12.2. The van der Waals surface area contributed by atoms with Gasteiger partial charge in [-0.2, -0.15) is 0 Å². The summed E-state index contributed by atoms with van der Waals surface area (Å²) in [6, 6.07) is 17.0. The first-order valence-corrected chi connectivity index (χ1v) is 8.88. The molecule has 0 bridgehead atoms. The fraction of sp³-hybridized carbons (Fsp3) is 0.0476. The van der Waals surface area contributed by atoms with Crippen LogP contribution >= 0.6 is 11.3 Å². The number of carbonyl (C=O) groups is 2. The normalized spacial score (nSPS) is 10.8. The highest BCUT2D eigenvalue weighted by Gasteiger charge is 2.20. The molecule has 3 aromatic rings. The molecule has 0 saturated heterocycles. The molecule has 0 fully saturated rings. The number of carbonyl (C=O) groups excluding carboxylic acids is 1. The third-order valence-electron chi connectivity index (χ3n) is 3.83. The maximum Gasteiger partial charge on any atom is 0.339 e. The fourth-order valence-corrected chi connectivity index (χ4v) is 3.46. The van der Waals surface area contributed by atoms with Crippen molar-refractivity contribution in [2.75, 3.05) is 5.32 Å². The summed E-state index contributed by atoms with van der Waals surface area (Å²) in [6.45, 7) is 1.99. The Balaban J connectivity index is 1.81. The molecule has 0 atom stereocenters. The Labute approximate surface area is 155 Å². The number of benzene rings is 2. The molecule has 0 aliphatic heterocycles. The van der Waals surface area contributed by atoms with Crippen LogP contribution in [0.2, 0.25) is 0 Å². The summed E-state index contributed by atoms with van der Waals surface area (Å²) in [5.74, 6) is -1.43. The first kappa shape index (κ1) is 17.6. The van der Waals surface area contributed by atoms with E-state index in [0.29, 0.717) is 10.6 Å². The topological polar surface area (TPSA) is 66.4 Å². The average molecular weight is 363 g/mol. The Morgan fingerprint density at radius 1 is 1.04 bits per heavy atom. The number of rotatable bonds is 5. The molecule has 5 heteroatoms. The lowest BCUT2D eigenvalue weighted by Gasteiger charge is -2.04. The number of anilines is 1. The van der Waals surface area contributed by atoms with E-state index in [1.54, 1.807) is 11.5 Å². The molecule has 2 N–H and O–H groups in total. The zero-order valence-corrected chi connectivity index (χ0v) is 14.9. The zero-order valence-electron chi connectivity index (χ0n) is 14.1. The average Bonchev–Trinajstić information content (AvgIpc) is 3.06. The van der Waals surface area contributed by atoms with Crippen molar-refractivity contribution in [1.29, 1.82) is 0 Å². The molecule has 0 aliphatic carbocycles. The largest absolute Gasteiger partial charge is 0.478 e. The summed E-state index contributed by atoms with van der Waals surface area (Å²) in [5, 5.41) is 14.3. The Kier molecular flexibility index (Phi) is 5.29. The lowest BCUT2D eigenvalue weighted by molar-refractivity contribution is -0.111. The fourth-order valence-electron chi connectivity index (χ4n) is 2.50. The van der Waals surface area contributed by atoms with Crippen LogP contribution in [0.4, 0.5) is 5.00 Å². The monoisotopic (exact) mass is 363 g/mol. The molecule has 0 aliphatic rings. The van der Waals surface area contributed by atoms with E-state index in [0.717, 1.165) is 16.7 Å². The van der Waals surface area contributed by atoms with Gasteiger partial charge in [-0.25, -0.2) is 4.79 Å². The maximum atomic E-state index is 12.2. The van der Waals surface area contributed by atoms with Gasteiger partial charge in [0.15, 0.2) is 0 Å². The van der Waals surface area contributed by atoms with Gasteiger partial charge in [-0.3, -0.25) is 4.79 Å². The molecule has 26 heavy (non-hydrogen) atoms. The minimum atomic E-state index is -1.07. The van der Waals surface area contributed by atoms with Crippen LogP contribution in [0.15, 0.2) is 66.1 Å². The molecular weight excluding hydrogens is 346 g/mol. The van der Waals surface area contributed by atoms with Crippen LogP contribution in [0, 0.1) is 6.92 Å².